The van der Waals surface area contributed by atoms with Gasteiger partial charge in [0.15, 0.2) is 0 Å². The second-order valence-corrected chi connectivity index (χ2v) is 8.70. The van der Waals surface area contributed by atoms with E-state index >= 15 is 0 Å². The zero-order chi connectivity index (χ0) is 22.8. The number of carbonyl (C=O) groups is 1. The molecule has 33 heavy (non-hydrogen) atoms. The first kappa shape index (κ1) is 21.2. The highest BCUT2D eigenvalue weighted by atomic mass is 32.1. The molecule has 0 saturated heterocycles. The van der Waals surface area contributed by atoms with Crippen LogP contribution in [0.5, 0.6) is 5.75 Å². The topological polar surface area (TPSA) is 59.7 Å². The molecule has 6 nitrogen and oxygen atoms in total. The van der Waals surface area contributed by atoms with Gasteiger partial charge in [0, 0.05) is 30.2 Å². The van der Waals surface area contributed by atoms with E-state index < -0.39 is 0 Å². The van der Waals surface area contributed by atoms with Gasteiger partial charge in [-0.2, -0.15) is 10.2 Å². The smallest absolute Gasteiger partial charge is 0.242 e. The predicted molar refractivity (Wildman–Crippen MR) is 131 cm³/mol. The highest BCUT2D eigenvalue weighted by Gasteiger charge is 2.36. The Morgan fingerprint density at radius 3 is 2.61 bits per heavy atom. The second-order valence-electron chi connectivity index (χ2n) is 7.75. The molecule has 5 rings (SSSR count). The van der Waals surface area contributed by atoms with E-state index in [2.05, 4.69) is 6.07 Å². The van der Waals surface area contributed by atoms with Gasteiger partial charge in [-0.05, 0) is 35.7 Å². The first-order valence-corrected chi connectivity index (χ1v) is 11.8. The first-order valence-electron chi connectivity index (χ1n) is 10.9. The minimum absolute atomic E-state index is 0.0190. The van der Waals surface area contributed by atoms with E-state index in [1.165, 1.54) is 0 Å². The molecule has 166 valence electrons. The summed E-state index contributed by atoms with van der Waals surface area (Å²) in [6.45, 7) is 1.86. The van der Waals surface area contributed by atoms with Gasteiger partial charge in [0.1, 0.15) is 11.4 Å². The number of carbonyl (C=O) groups excluding carboxylic acids is 1. The summed E-state index contributed by atoms with van der Waals surface area (Å²) in [7, 11) is 1.65. The number of hydrogen-bond donors (Lipinski definition) is 0. The first-order chi connectivity index (χ1) is 16.2. The van der Waals surface area contributed by atoms with Crippen LogP contribution in [0.25, 0.3) is 16.3 Å². The van der Waals surface area contributed by atoms with Crippen molar-refractivity contribution in [3.05, 3.63) is 89.4 Å². The van der Waals surface area contributed by atoms with Crippen LogP contribution >= 0.6 is 11.3 Å². The van der Waals surface area contributed by atoms with E-state index in [0.29, 0.717) is 12.8 Å². The summed E-state index contributed by atoms with van der Waals surface area (Å²) in [4.78, 5) is 14.0. The lowest BCUT2D eigenvalue weighted by Crippen LogP contribution is -2.26. The summed E-state index contributed by atoms with van der Waals surface area (Å²) in [5.41, 5.74) is 4.58. The molecule has 2 aromatic heterocycles. The van der Waals surface area contributed by atoms with Gasteiger partial charge in [0.25, 0.3) is 0 Å². The van der Waals surface area contributed by atoms with Crippen molar-refractivity contribution in [1.29, 1.82) is 0 Å². The summed E-state index contributed by atoms with van der Waals surface area (Å²) in [6.07, 6.45) is 3.00. The molecule has 0 fully saturated rings. The van der Waals surface area contributed by atoms with Gasteiger partial charge >= 0.3 is 0 Å². The Kier molecular flexibility index (Phi) is 5.79. The molecule has 1 aliphatic rings. The maximum absolute atomic E-state index is 13.0. The summed E-state index contributed by atoms with van der Waals surface area (Å²) < 4.78 is 7.46. The van der Waals surface area contributed by atoms with Gasteiger partial charge in [-0.15, -0.1) is 11.3 Å². The summed E-state index contributed by atoms with van der Waals surface area (Å²) in [5.74, 6) is 0.730. The van der Waals surface area contributed by atoms with Crippen molar-refractivity contribution in [1.82, 2.24) is 14.8 Å². The van der Waals surface area contributed by atoms with E-state index in [1.54, 1.807) is 23.5 Å². The number of thiophene rings is 1. The van der Waals surface area contributed by atoms with Crippen molar-refractivity contribution in [3.63, 3.8) is 0 Å². The van der Waals surface area contributed by atoms with Crippen molar-refractivity contribution in [2.45, 2.75) is 25.8 Å². The molecule has 1 aliphatic heterocycles. The highest BCUT2D eigenvalue weighted by Crippen LogP contribution is 2.40. The largest absolute Gasteiger partial charge is 0.496 e. The molecular formula is C26H24N4O2S. The van der Waals surface area contributed by atoms with Crippen molar-refractivity contribution in [2.24, 2.45) is 5.10 Å². The van der Waals surface area contributed by atoms with Gasteiger partial charge in [-0.3, -0.25) is 4.79 Å². The van der Waals surface area contributed by atoms with E-state index in [1.807, 2.05) is 83.8 Å². The van der Waals surface area contributed by atoms with Gasteiger partial charge in [0.2, 0.25) is 5.91 Å². The number of para-hydroxylation sites is 2. The summed E-state index contributed by atoms with van der Waals surface area (Å²) in [6, 6.07) is 21.7. The van der Waals surface area contributed by atoms with Crippen molar-refractivity contribution in [2.75, 3.05) is 7.11 Å². The number of hydrazone groups is 1. The van der Waals surface area contributed by atoms with E-state index in [-0.39, 0.29) is 11.9 Å². The number of methoxy groups -OCH3 is 1. The van der Waals surface area contributed by atoms with E-state index in [4.69, 9.17) is 14.9 Å². The zero-order valence-corrected chi connectivity index (χ0v) is 19.3. The van der Waals surface area contributed by atoms with Crippen LogP contribution in [0.1, 0.15) is 36.9 Å². The molecule has 4 aromatic rings. The van der Waals surface area contributed by atoms with Crippen LogP contribution in [-0.2, 0) is 4.79 Å². The molecule has 0 N–H and O–H groups in total. The van der Waals surface area contributed by atoms with E-state index in [9.17, 15) is 4.79 Å². The van der Waals surface area contributed by atoms with Crippen LogP contribution in [0.15, 0.2) is 83.4 Å². The van der Waals surface area contributed by atoms with Gasteiger partial charge in [-0.1, -0.05) is 43.3 Å². The SMILES string of the molecule is CCC(=O)N1N=C(c2ccccc2OC)CC1c1cn(-c2ccccc2)nc1-c1cccs1. The number of rotatable bonds is 6. The maximum Gasteiger partial charge on any atom is 0.242 e. The third kappa shape index (κ3) is 3.96. The lowest BCUT2D eigenvalue weighted by molar-refractivity contribution is -0.132. The third-order valence-electron chi connectivity index (χ3n) is 5.76. The minimum atomic E-state index is -0.244. The fraction of sp³-hybridized carbons (Fsp3) is 0.192. The lowest BCUT2D eigenvalue weighted by atomic mass is 9.97. The summed E-state index contributed by atoms with van der Waals surface area (Å²) >= 11 is 1.64. The van der Waals surface area contributed by atoms with Crippen LogP contribution < -0.4 is 4.74 Å². The molecule has 1 amide bonds. The quantitative estimate of drug-likeness (QED) is 0.374. The van der Waals surface area contributed by atoms with Crippen LogP contribution in [-0.4, -0.2) is 33.5 Å². The fourth-order valence-corrected chi connectivity index (χ4v) is 4.87. The average molecular weight is 457 g/mol. The van der Waals surface area contributed by atoms with Crippen molar-refractivity contribution < 1.29 is 9.53 Å². The van der Waals surface area contributed by atoms with Gasteiger partial charge < -0.3 is 4.74 Å². The molecule has 0 radical (unpaired) electrons. The van der Waals surface area contributed by atoms with E-state index in [0.717, 1.165) is 38.8 Å². The molecule has 1 atom stereocenters. The number of hydrogen-bond acceptors (Lipinski definition) is 5. The number of benzene rings is 2. The molecule has 0 spiro atoms. The Morgan fingerprint density at radius 1 is 1.09 bits per heavy atom. The second kappa shape index (κ2) is 9.03. The van der Waals surface area contributed by atoms with Gasteiger partial charge in [-0.25, -0.2) is 9.69 Å². The van der Waals surface area contributed by atoms with Crippen LogP contribution in [0.2, 0.25) is 0 Å². The van der Waals surface area contributed by atoms with Gasteiger partial charge in [0.05, 0.1) is 29.4 Å². The van der Waals surface area contributed by atoms with Crippen LogP contribution in [0.4, 0.5) is 0 Å². The Morgan fingerprint density at radius 2 is 1.88 bits per heavy atom. The average Bonchev–Trinajstić information content (AvgIpc) is 3.63. The maximum atomic E-state index is 13.0. The summed E-state index contributed by atoms with van der Waals surface area (Å²) in [5, 5.41) is 13.4. The molecule has 1 unspecified atom stereocenters. The van der Waals surface area contributed by atoms with Crippen LogP contribution in [0.3, 0.4) is 0 Å². The Hall–Kier alpha value is -3.71. The molecule has 0 bridgehead atoms. The van der Waals surface area contributed by atoms with Crippen molar-refractivity contribution >= 4 is 23.0 Å². The number of ether oxygens (including phenoxy) is 1. The Labute approximate surface area is 196 Å². The normalized spacial score (nSPS) is 15.5. The molecular weight excluding hydrogens is 432 g/mol. The Balaban J connectivity index is 1.61. The number of amides is 1. The molecule has 0 aliphatic carbocycles. The number of nitrogens with zero attached hydrogens (tertiary/aromatic N) is 4. The highest BCUT2D eigenvalue weighted by molar-refractivity contribution is 7.13. The Bertz CT molecular complexity index is 1300. The van der Waals surface area contributed by atoms with Crippen molar-refractivity contribution in [3.8, 4) is 22.0 Å². The molecule has 2 aromatic carbocycles. The standard InChI is InChI=1S/C26H24N4O2S/c1-3-25(31)30-22(16-21(27-30)19-12-7-8-13-23(19)32-2)20-17-29(18-10-5-4-6-11-18)28-26(20)24-14-9-15-33-24/h4-15,17,22H,3,16H2,1-2H3. The molecule has 7 heteroatoms. The number of aromatic nitrogens is 2. The molecule has 0 saturated carbocycles. The zero-order valence-electron chi connectivity index (χ0n) is 18.5. The van der Waals surface area contributed by atoms with Crippen LogP contribution in [0, 0.1) is 0 Å². The monoisotopic (exact) mass is 456 g/mol. The lowest BCUT2D eigenvalue weighted by Gasteiger charge is -2.21. The molecule has 3 heterocycles. The fourth-order valence-electron chi connectivity index (χ4n) is 4.14. The predicted octanol–water partition coefficient (Wildman–Crippen LogP) is 5.70. The minimum Gasteiger partial charge on any atom is -0.496 e. The third-order valence-corrected chi connectivity index (χ3v) is 6.64.